The minimum atomic E-state index is 0.276. The molecule has 0 bridgehead atoms. The van der Waals surface area contributed by atoms with Gasteiger partial charge in [-0.25, -0.2) is 4.98 Å². The first-order valence-corrected chi connectivity index (χ1v) is 8.33. The molecule has 1 aromatic heterocycles. The Balaban J connectivity index is 2.12. The van der Waals surface area contributed by atoms with Crippen LogP contribution in [0, 0.1) is 0 Å². The van der Waals surface area contributed by atoms with Gasteiger partial charge in [0, 0.05) is 13.2 Å². The maximum Gasteiger partial charge on any atom is 0.124 e. The van der Waals surface area contributed by atoms with Crippen molar-refractivity contribution in [3.8, 4) is 0 Å². The predicted molar refractivity (Wildman–Crippen MR) is 89.6 cm³/mol. The highest BCUT2D eigenvalue weighted by molar-refractivity contribution is 6.42. The van der Waals surface area contributed by atoms with Crippen molar-refractivity contribution in [1.82, 2.24) is 9.55 Å². The highest BCUT2D eigenvalue weighted by Gasteiger charge is 2.12. The molecular weight excluding hydrogens is 331 g/mol. The summed E-state index contributed by atoms with van der Waals surface area (Å²) in [4.78, 5) is 4.52. The number of hydrogen-bond donors (Lipinski definition) is 0. The molecule has 2 aromatic rings. The third-order valence-corrected chi connectivity index (χ3v) is 4.18. The fourth-order valence-electron chi connectivity index (χ4n) is 2.21. The van der Waals surface area contributed by atoms with E-state index in [1.807, 2.05) is 19.9 Å². The fraction of sp³-hybridized carbons (Fsp3) is 0.533. The number of halogens is 3. The van der Waals surface area contributed by atoms with Gasteiger partial charge in [-0.05, 0) is 38.8 Å². The van der Waals surface area contributed by atoms with Crippen LogP contribution < -0.4 is 0 Å². The van der Waals surface area contributed by atoms with Crippen LogP contribution in [0.4, 0.5) is 0 Å². The van der Waals surface area contributed by atoms with Crippen molar-refractivity contribution in [1.29, 1.82) is 0 Å². The van der Waals surface area contributed by atoms with Crippen LogP contribution in [0.15, 0.2) is 12.1 Å². The summed E-state index contributed by atoms with van der Waals surface area (Å²) in [6.45, 7) is 5.70. The highest BCUT2D eigenvalue weighted by atomic mass is 35.5. The van der Waals surface area contributed by atoms with Crippen molar-refractivity contribution in [2.45, 2.75) is 45.2 Å². The summed E-state index contributed by atoms with van der Waals surface area (Å²) >= 11 is 18.1. The molecule has 0 atom stereocenters. The van der Waals surface area contributed by atoms with Crippen LogP contribution in [0.1, 0.15) is 32.5 Å². The highest BCUT2D eigenvalue weighted by Crippen LogP contribution is 2.29. The molecule has 116 valence electrons. The monoisotopic (exact) mass is 348 g/mol. The topological polar surface area (TPSA) is 27.1 Å². The Morgan fingerprint density at radius 2 is 1.90 bits per heavy atom. The molecule has 0 aliphatic heterocycles. The minimum absolute atomic E-state index is 0.276. The Labute approximate surface area is 140 Å². The van der Waals surface area contributed by atoms with Crippen LogP contribution in [0.2, 0.25) is 10.0 Å². The third-order valence-electron chi connectivity index (χ3n) is 3.22. The van der Waals surface area contributed by atoms with Crippen LogP contribution in [-0.2, 0) is 17.2 Å². The van der Waals surface area contributed by atoms with Gasteiger partial charge in [-0.1, -0.05) is 23.2 Å². The van der Waals surface area contributed by atoms with Crippen LogP contribution in [0.5, 0.6) is 0 Å². The number of benzene rings is 1. The van der Waals surface area contributed by atoms with E-state index < -0.39 is 0 Å². The Hall–Kier alpha value is -0.480. The third kappa shape index (κ3) is 4.26. The van der Waals surface area contributed by atoms with Crippen LogP contribution >= 0.6 is 34.8 Å². The second-order valence-corrected chi connectivity index (χ2v) is 6.28. The summed E-state index contributed by atoms with van der Waals surface area (Å²) in [5.41, 5.74) is 1.81. The number of alkyl halides is 1. The second kappa shape index (κ2) is 7.68. The molecule has 0 aliphatic rings. The summed E-state index contributed by atoms with van der Waals surface area (Å²) in [5.74, 6) is 1.21. The van der Waals surface area contributed by atoms with E-state index >= 15 is 0 Å². The quantitative estimate of drug-likeness (QED) is 0.502. The van der Waals surface area contributed by atoms with E-state index in [-0.39, 0.29) is 6.10 Å². The normalized spacial score (nSPS) is 11.7. The number of aromatic nitrogens is 2. The van der Waals surface area contributed by atoms with E-state index in [0.29, 0.717) is 15.9 Å². The Kier molecular flexibility index (Phi) is 6.18. The van der Waals surface area contributed by atoms with Crippen molar-refractivity contribution >= 4 is 45.8 Å². The van der Waals surface area contributed by atoms with Gasteiger partial charge < -0.3 is 9.30 Å². The van der Waals surface area contributed by atoms with Gasteiger partial charge in [-0.15, -0.1) is 11.6 Å². The lowest BCUT2D eigenvalue weighted by Crippen LogP contribution is -2.07. The zero-order chi connectivity index (χ0) is 15.4. The van der Waals surface area contributed by atoms with Gasteiger partial charge >= 0.3 is 0 Å². The number of nitrogens with zero attached hydrogens (tertiary/aromatic N) is 2. The maximum absolute atomic E-state index is 6.10. The number of aryl methyl sites for hydroxylation is 1. The molecule has 1 aromatic carbocycles. The molecule has 0 saturated heterocycles. The van der Waals surface area contributed by atoms with Gasteiger partial charge in [0.2, 0.25) is 0 Å². The van der Waals surface area contributed by atoms with Crippen LogP contribution in [0.3, 0.4) is 0 Å². The van der Waals surface area contributed by atoms with E-state index in [0.717, 1.165) is 42.9 Å². The average molecular weight is 350 g/mol. The summed E-state index contributed by atoms with van der Waals surface area (Å²) in [7, 11) is 0. The second-order valence-electron chi connectivity index (χ2n) is 5.19. The average Bonchev–Trinajstić information content (AvgIpc) is 2.76. The first kappa shape index (κ1) is 16.9. The molecule has 0 radical (unpaired) electrons. The number of ether oxygens (including phenoxy) is 1. The summed E-state index contributed by atoms with van der Waals surface area (Å²) in [6, 6.07) is 3.64. The zero-order valence-corrected chi connectivity index (χ0v) is 14.5. The molecule has 21 heavy (non-hydrogen) atoms. The molecule has 0 fully saturated rings. The number of fused-ring (bicyclic) bond motifs is 1. The lowest BCUT2D eigenvalue weighted by Gasteiger charge is -2.10. The maximum atomic E-state index is 6.10. The van der Waals surface area contributed by atoms with Gasteiger partial charge in [0.05, 0.1) is 33.1 Å². The van der Waals surface area contributed by atoms with E-state index in [9.17, 15) is 0 Å². The molecular formula is C15H19Cl3N2O. The molecule has 2 rings (SSSR count). The SMILES string of the molecule is CC(C)OCCCCn1c(CCl)nc2cc(Cl)c(Cl)cc21. The first-order chi connectivity index (χ1) is 10.0. The molecule has 1 heterocycles. The van der Waals surface area contributed by atoms with Crippen molar-refractivity contribution in [3.05, 3.63) is 28.0 Å². The Bertz CT molecular complexity index is 610. The smallest absolute Gasteiger partial charge is 0.124 e. The van der Waals surface area contributed by atoms with Gasteiger partial charge in [0.1, 0.15) is 5.82 Å². The Morgan fingerprint density at radius 3 is 2.57 bits per heavy atom. The van der Waals surface area contributed by atoms with Crippen molar-refractivity contribution in [2.75, 3.05) is 6.61 Å². The zero-order valence-electron chi connectivity index (χ0n) is 12.2. The number of imidazole rings is 1. The van der Waals surface area contributed by atoms with Gasteiger partial charge in [0.25, 0.3) is 0 Å². The minimum Gasteiger partial charge on any atom is -0.379 e. The van der Waals surface area contributed by atoms with Gasteiger partial charge in [-0.3, -0.25) is 0 Å². The van der Waals surface area contributed by atoms with Crippen LogP contribution in [0.25, 0.3) is 11.0 Å². The van der Waals surface area contributed by atoms with Gasteiger partial charge in [0.15, 0.2) is 0 Å². The predicted octanol–water partition coefficient (Wildman–Crippen LogP) is 5.29. The number of rotatable bonds is 7. The van der Waals surface area contributed by atoms with Crippen molar-refractivity contribution in [2.24, 2.45) is 0 Å². The van der Waals surface area contributed by atoms with Crippen molar-refractivity contribution < 1.29 is 4.74 Å². The molecule has 3 nitrogen and oxygen atoms in total. The Morgan fingerprint density at radius 1 is 1.19 bits per heavy atom. The summed E-state index contributed by atoms with van der Waals surface area (Å²) in [6.07, 6.45) is 2.28. The lowest BCUT2D eigenvalue weighted by molar-refractivity contribution is 0.0754. The first-order valence-electron chi connectivity index (χ1n) is 7.04. The summed E-state index contributed by atoms with van der Waals surface area (Å²) < 4.78 is 7.66. The van der Waals surface area contributed by atoms with Crippen LogP contribution in [-0.4, -0.2) is 22.3 Å². The largest absolute Gasteiger partial charge is 0.379 e. The molecule has 0 saturated carbocycles. The standard InChI is InChI=1S/C15H19Cl3N2O/c1-10(2)21-6-4-3-5-20-14-8-12(18)11(17)7-13(14)19-15(20)9-16/h7-8,10H,3-6,9H2,1-2H3. The fourth-order valence-corrected chi connectivity index (χ4v) is 2.73. The molecule has 0 N–H and O–H groups in total. The molecule has 6 heteroatoms. The van der Waals surface area contributed by atoms with E-state index in [1.165, 1.54) is 0 Å². The van der Waals surface area contributed by atoms with Crippen molar-refractivity contribution in [3.63, 3.8) is 0 Å². The van der Waals surface area contributed by atoms with E-state index in [2.05, 4.69) is 9.55 Å². The number of unbranched alkanes of at least 4 members (excludes halogenated alkanes) is 1. The van der Waals surface area contributed by atoms with E-state index in [4.69, 9.17) is 39.5 Å². The molecule has 0 amide bonds. The molecule has 0 spiro atoms. The lowest BCUT2D eigenvalue weighted by atomic mass is 10.3. The molecule has 0 unspecified atom stereocenters. The number of hydrogen-bond acceptors (Lipinski definition) is 2. The summed E-state index contributed by atoms with van der Waals surface area (Å²) in [5, 5.41) is 1.05. The van der Waals surface area contributed by atoms with E-state index in [1.54, 1.807) is 6.07 Å². The van der Waals surface area contributed by atoms with Gasteiger partial charge in [-0.2, -0.15) is 0 Å². The molecule has 0 aliphatic carbocycles.